The number of anilines is 1. The first-order valence-electron chi connectivity index (χ1n) is 8.55. The Morgan fingerprint density at radius 3 is 2.73 bits per heavy atom. The second-order valence-electron chi connectivity index (χ2n) is 6.07. The van der Waals surface area contributed by atoms with E-state index in [-0.39, 0.29) is 11.7 Å². The molecule has 0 radical (unpaired) electrons. The number of carbonyl (C=O) groups is 1. The van der Waals surface area contributed by atoms with Crippen molar-refractivity contribution in [2.45, 2.75) is 25.4 Å². The minimum absolute atomic E-state index is 0.0521. The number of nitrogens with one attached hydrogen (secondary N) is 1. The molecule has 2 aromatic carbocycles. The molecule has 0 saturated carbocycles. The van der Waals surface area contributed by atoms with Crippen LogP contribution < -0.4 is 5.32 Å². The minimum atomic E-state index is -0.0521. The molecule has 1 amide bonds. The summed E-state index contributed by atoms with van der Waals surface area (Å²) >= 11 is 1.38. The van der Waals surface area contributed by atoms with Gasteiger partial charge in [0.1, 0.15) is 0 Å². The first-order chi connectivity index (χ1) is 12.6. The van der Waals surface area contributed by atoms with Gasteiger partial charge in [-0.1, -0.05) is 55.1 Å². The van der Waals surface area contributed by atoms with Crippen molar-refractivity contribution in [3.05, 3.63) is 59.7 Å². The van der Waals surface area contributed by atoms with Crippen molar-refractivity contribution in [1.82, 2.24) is 14.8 Å². The predicted octanol–water partition coefficient (Wildman–Crippen LogP) is 4.08. The van der Waals surface area contributed by atoms with Gasteiger partial charge in [0, 0.05) is 18.3 Å². The van der Waals surface area contributed by atoms with Gasteiger partial charge in [0.25, 0.3) is 0 Å². The highest BCUT2D eigenvalue weighted by molar-refractivity contribution is 7.99. The number of nitrogens with zero attached hydrogens (tertiary/aromatic N) is 3. The quantitative estimate of drug-likeness (QED) is 0.668. The van der Waals surface area contributed by atoms with Gasteiger partial charge in [0.15, 0.2) is 11.0 Å². The van der Waals surface area contributed by atoms with E-state index in [4.69, 9.17) is 0 Å². The van der Waals surface area contributed by atoms with Gasteiger partial charge in [-0.15, -0.1) is 10.2 Å². The Hall–Kier alpha value is -2.60. The van der Waals surface area contributed by atoms with E-state index in [1.165, 1.54) is 17.3 Å². The minimum Gasteiger partial charge on any atom is -0.325 e. The van der Waals surface area contributed by atoms with E-state index in [0.29, 0.717) is 0 Å². The van der Waals surface area contributed by atoms with Gasteiger partial charge in [-0.2, -0.15) is 0 Å². The van der Waals surface area contributed by atoms with Crippen LogP contribution in [-0.2, 0) is 18.3 Å². The van der Waals surface area contributed by atoms with E-state index in [2.05, 4.69) is 41.5 Å². The zero-order chi connectivity index (χ0) is 18.5. The summed E-state index contributed by atoms with van der Waals surface area (Å²) in [5.41, 5.74) is 4.23. The van der Waals surface area contributed by atoms with Crippen LogP contribution in [0, 0.1) is 6.92 Å². The molecule has 6 heteroatoms. The number of hydrogen-bond donors (Lipinski definition) is 1. The number of aromatic nitrogens is 3. The van der Waals surface area contributed by atoms with E-state index in [1.54, 1.807) is 0 Å². The number of amides is 1. The molecule has 0 aliphatic carbocycles. The molecule has 3 rings (SSSR count). The number of rotatable bonds is 6. The average Bonchev–Trinajstić information content (AvgIpc) is 3.01. The van der Waals surface area contributed by atoms with Crippen molar-refractivity contribution in [2.24, 2.45) is 7.05 Å². The van der Waals surface area contributed by atoms with Gasteiger partial charge >= 0.3 is 0 Å². The molecule has 0 fully saturated rings. The number of aryl methyl sites for hydroxylation is 2. The van der Waals surface area contributed by atoms with Crippen LogP contribution >= 0.6 is 11.8 Å². The average molecular weight is 366 g/mol. The Balaban J connectivity index is 1.65. The third kappa shape index (κ3) is 4.14. The molecule has 1 aromatic heterocycles. The molecule has 5 nitrogen and oxygen atoms in total. The maximum Gasteiger partial charge on any atom is 0.234 e. The SMILES string of the molecule is CCc1cccc(NC(=O)CSc2nnc(-c3ccccc3C)n2C)c1. The zero-order valence-corrected chi connectivity index (χ0v) is 16.0. The van der Waals surface area contributed by atoms with Gasteiger partial charge in [0.2, 0.25) is 5.91 Å². The van der Waals surface area contributed by atoms with Crippen molar-refractivity contribution in [2.75, 3.05) is 11.1 Å². The third-order valence-corrected chi connectivity index (χ3v) is 5.19. The molecule has 26 heavy (non-hydrogen) atoms. The highest BCUT2D eigenvalue weighted by atomic mass is 32.2. The Kier molecular flexibility index (Phi) is 5.73. The summed E-state index contributed by atoms with van der Waals surface area (Å²) in [6.45, 7) is 4.14. The highest BCUT2D eigenvalue weighted by Crippen LogP contribution is 2.25. The number of carbonyl (C=O) groups excluding carboxylic acids is 1. The topological polar surface area (TPSA) is 59.8 Å². The van der Waals surface area contributed by atoms with Crippen LogP contribution in [0.25, 0.3) is 11.4 Å². The summed E-state index contributed by atoms with van der Waals surface area (Å²) in [5.74, 6) is 1.04. The standard InChI is InChI=1S/C20H22N4OS/c1-4-15-9-7-10-16(12-15)21-18(25)13-26-20-23-22-19(24(20)3)17-11-6-5-8-14(17)2/h5-12H,4,13H2,1-3H3,(H,21,25). The van der Waals surface area contributed by atoms with E-state index >= 15 is 0 Å². The van der Waals surface area contributed by atoms with Gasteiger partial charge in [-0.25, -0.2) is 0 Å². The van der Waals surface area contributed by atoms with Crippen LogP contribution in [0.1, 0.15) is 18.1 Å². The third-order valence-electron chi connectivity index (χ3n) is 4.17. The van der Waals surface area contributed by atoms with Crippen LogP contribution in [0.3, 0.4) is 0 Å². The Labute approximate surface area is 157 Å². The first-order valence-corrected chi connectivity index (χ1v) is 9.54. The maximum atomic E-state index is 12.2. The summed E-state index contributed by atoms with van der Waals surface area (Å²) in [6, 6.07) is 16.0. The van der Waals surface area contributed by atoms with Crippen molar-refractivity contribution >= 4 is 23.4 Å². The van der Waals surface area contributed by atoms with Gasteiger partial charge in [0.05, 0.1) is 5.75 Å². The summed E-state index contributed by atoms with van der Waals surface area (Å²) in [4.78, 5) is 12.2. The number of benzene rings is 2. The van der Waals surface area contributed by atoms with E-state index in [1.807, 2.05) is 48.0 Å². The monoisotopic (exact) mass is 366 g/mol. The van der Waals surface area contributed by atoms with Gasteiger partial charge in [-0.3, -0.25) is 4.79 Å². The molecule has 0 atom stereocenters. The van der Waals surface area contributed by atoms with Crippen LogP contribution in [0.15, 0.2) is 53.7 Å². The van der Waals surface area contributed by atoms with Gasteiger partial charge < -0.3 is 9.88 Å². The number of hydrogen-bond acceptors (Lipinski definition) is 4. The lowest BCUT2D eigenvalue weighted by Crippen LogP contribution is -2.14. The lowest BCUT2D eigenvalue weighted by Gasteiger charge is -2.07. The molecule has 1 N–H and O–H groups in total. The Bertz CT molecular complexity index is 920. The molecule has 0 spiro atoms. The molecule has 0 aliphatic heterocycles. The van der Waals surface area contributed by atoms with E-state index in [9.17, 15) is 4.79 Å². The van der Waals surface area contributed by atoms with Crippen molar-refractivity contribution in [3.63, 3.8) is 0 Å². The van der Waals surface area contributed by atoms with E-state index < -0.39 is 0 Å². The first kappa shape index (κ1) is 18.2. The highest BCUT2D eigenvalue weighted by Gasteiger charge is 2.14. The Morgan fingerprint density at radius 2 is 1.96 bits per heavy atom. The fraction of sp³-hybridized carbons (Fsp3) is 0.250. The largest absolute Gasteiger partial charge is 0.325 e. The number of thioether (sulfide) groups is 1. The summed E-state index contributed by atoms with van der Waals surface area (Å²) < 4.78 is 1.93. The zero-order valence-electron chi connectivity index (χ0n) is 15.2. The molecule has 0 saturated heterocycles. The van der Waals surface area contributed by atoms with Crippen LogP contribution in [0.4, 0.5) is 5.69 Å². The molecular formula is C20H22N4OS. The fourth-order valence-corrected chi connectivity index (χ4v) is 3.41. The molecular weight excluding hydrogens is 344 g/mol. The predicted molar refractivity (Wildman–Crippen MR) is 106 cm³/mol. The molecule has 134 valence electrons. The molecule has 0 bridgehead atoms. The molecule has 3 aromatic rings. The van der Waals surface area contributed by atoms with Crippen molar-refractivity contribution < 1.29 is 4.79 Å². The second-order valence-corrected chi connectivity index (χ2v) is 7.01. The summed E-state index contributed by atoms with van der Waals surface area (Å²) in [5, 5.41) is 12.2. The maximum absolute atomic E-state index is 12.2. The second kappa shape index (κ2) is 8.19. The van der Waals surface area contributed by atoms with Crippen molar-refractivity contribution in [3.8, 4) is 11.4 Å². The molecule has 0 unspecified atom stereocenters. The molecule has 1 heterocycles. The normalized spacial score (nSPS) is 10.7. The lowest BCUT2D eigenvalue weighted by molar-refractivity contribution is -0.113. The molecule has 0 aliphatic rings. The van der Waals surface area contributed by atoms with Crippen molar-refractivity contribution in [1.29, 1.82) is 0 Å². The summed E-state index contributed by atoms with van der Waals surface area (Å²) in [7, 11) is 1.92. The van der Waals surface area contributed by atoms with Crippen LogP contribution in [-0.4, -0.2) is 26.4 Å². The van der Waals surface area contributed by atoms with E-state index in [0.717, 1.165) is 34.2 Å². The van der Waals surface area contributed by atoms with Gasteiger partial charge in [-0.05, 0) is 36.6 Å². The Morgan fingerprint density at radius 1 is 1.15 bits per heavy atom. The smallest absolute Gasteiger partial charge is 0.234 e. The lowest BCUT2D eigenvalue weighted by atomic mass is 10.1. The van der Waals surface area contributed by atoms with Crippen LogP contribution in [0.2, 0.25) is 0 Å². The van der Waals surface area contributed by atoms with Crippen LogP contribution in [0.5, 0.6) is 0 Å². The summed E-state index contributed by atoms with van der Waals surface area (Å²) in [6.07, 6.45) is 0.944. The fourth-order valence-electron chi connectivity index (χ4n) is 2.70.